The van der Waals surface area contributed by atoms with Crippen LogP contribution >= 0.6 is 0 Å². The van der Waals surface area contributed by atoms with Crippen molar-refractivity contribution in [2.75, 3.05) is 5.32 Å². The number of benzene rings is 2. The van der Waals surface area contributed by atoms with Crippen LogP contribution in [0, 0.1) is 30.6 Å². The minimum atomic E-state index is -0.266. The Morgan fingerprint density at radius 1 is 1.13 bits per heavy atom. The number of fused-ring (bicyclic) bond motifs is 1. The molecule has 1 N–H and O–H groups in total. The van der Waals surface area contributed by atoms with Crippen molar-refractivity contribution >= 4 is 17.6 Å². The lowest BCUT2D eigenvalue weighted by Crippen LogP contribution is -2.35. The molecule has 2 bridgehead atoms. The molecule has 2 aromatic carbocycles. The number of carbonyl (C=O) groups is 2. The molecule has 5 atom stereocenters. The second-order valence-electron chi connectivity index (χ2n) is 9.23. The van der Waals surface area contributed by atoms with Gasteiger partial charge in [0.1, 0.15) is 17.6 Å². The lowest BCUT2D eigenvalue weighted by Gasteiger charge is -2.23. The maximum absolute atomic E-state index is 12.9. The van der Waals surface area contributed by atoms with Crippen molar-refractivity contribution in [3.8, 4) is 11.5 Å². The van der Waals surface area contributed by atoms with Crippen LogP contribution in [0.15, 0.2) is 42.5 Å². The van der Waals surface area contributed by atoms with Crippen molar-refractivity contribution in [3.63, 3.8) is 0 Å². The van der Waals surface area contributed by atoms with E-state index in [1.807, 2.05) is 37.3 Å². The molecule has 1 aliphatic heterocycles. The molecule has 2 aromatic rings. The molecule has 0 unspecified atom stereocenters. The third kappa shape index (κ3) is 3.17. The summed E-state index contributed by atoms with van der Waals surface area (Å²) >= 11 is 0. The van der Waals surface area contributed by atoms with Gasteiger partial charge in [-0.2, -0.15) is 0 Å². The predicted molar refractivity (Wildman–Crippen MR) is 113 cm³/mol. The van der Waals surface area contributed by atoms with Gasteiger partial charge >= 0.3 is 5.97 Å². The molecule has 5 nitrogen and oxygen atoms in total. The first-order valence-electron chi connectivity index (χ1n) is 10.8. The van der Waals surface area contributed by atoms with Gasteiger partial charge in [-0.25, -0.2) is 0 Å². The fourth-order valence-corrected chi connectivity index (χ4v) is 5.53. The number of rotatable bonds is 5. The summed E-state index contributed by atoms with van der Waals surface area (Å²) in [6.45, 7) is 6.34. The minimum absolute atomic E-state index is 0.0466. The topological polar surface area (TPSA) is 64.6 Å². The maximum atomic E-state index is 12.9. The molecular formula is C25H27NO4. The van der Waals surface area contributed by atoms with Gasteiger partial charge in [0.2, 0.25) is 5.91 Å². The molecule has 1 heterocycles. The number of amides is 1. The van der Waals surface area contributed by atoms with Crippen LogP contribution in [0.25, 0.3) is 0 Å². The number of hydrogen-bond acceptors (Lipinski definition) is 4. The first-order valence-corrected chi connectivity index (χ1v) is 10.8. The van der Waals surface area contributed by atoms with Crippen LogP contribution in [-0.2, 0) is 14.3 Å². The third-order valence-electron chi connectivity index (χ3n) is 6.93. The van der Waals surface area contributed by atoms with Crippen molar-refractivity contribution in [2.45, 2.75) is 45.6 Å². The Balaban J connectivity index is 1.28. The average Bonchev–Trinajstić information content (AvgIpc) is 3.32. The second-order valence-corrected chi connectivity index (χ2v) is 9.23. The van der Waals surface area contributed by atoms with Crippen molar-refractivity contribution in [1.29, 1.82) is 0 Å². The number of nitrogens with one attached hydrogen (secondary N) is 1. The standard InChI is InChI=1S/C25H27NO4/c1-13(2)18-9-4-14(3)10-20(18)29-17-7-5-16(6-8-17)26-24(27)22-15-11-19-21(12-15)30-25(28)23(19)22/h4-10,13,15,19,21-23H,11-12H2,1-3H3,(H,26,27)/t15-,19+,21-,22-,23-/m1/s1. The summed E-state index contributed by atoms with van der Waals surface area (Å²) in [6.07, 6.45) is 1.80. The molecular weight excluding hydrogens is 378 g/mol. The quantitative estimate of drug-likeness (QED) is 0.707. The Kier molecular flexibility index (Phi) is 4.57. The van der Waals surface area contributed by atoms with Crippen molar-refractivity contribution in [1.82, 2.24) is 0 Å². The van der Waals surface area contributed by atoms with E-state index in [4.69, 9.17) is 9.47 Å². The van der Waals surface area contributed by atoms with Crippen LogP contribution in [-0.4, -0.2) is 18.0 Å². The van der Waals surface area contributed by atoms with E-state index >= 15 is 0 Å². The molecule has 156 valence electrons. The van der Waals surface area contributed by atoms with Crippen LogP contribution in [0.5, 0.6) is 11.5 Å². The van der Waals surface area contributed by atoms with Crippen LogP contribution in [0.1, 0.15) is 43.7 Å². The SMILES string of the molecule is Cc1ccc(C(C)C)c(Oc2ccc(NC(=O)[C@@H]3[C@@H]4C[C@@H]5[C@H]3C(=O)O[C@@H]5C4)cc2)c1. The van der Waals surface area contributed by atoms with Gasteiger partial charge in [0.05, 0.1) is 11.8 Å². The number of esters is 1. The highest BCUT2D eigenvalue weighted by atomic mass is 16.6. The highest BCUT2D eigenvalue weighted by Gasteiger charge is 2.63. The first-order chi connectivity index (χ1) is 14.4. The van der Waals surface area contributed by atoms with Crippen LogP contribution in [0.2, 0.25) is 0 Å². The highest BCUT2D eigenvalue weighted by Crippen LogP contribution is 2.57. The van der Waals surface area contributed by atoms with E-state index in [2.05, 4.69) is 31.3 Å². The summed E-state index contributed by atoms with van der Waals surface area (Å²) in [4.78, 5) is 25.1. The van der Waals surface area contributed by atoms with Crippen molar-refractivity contribution < 1.29 is 19.1 Å². The largest absolute Gasteiger partial charge is 0.462 e. The summed E-state index contributed by atoms with van der Waals surface area (Å²) < 4.78 is 11.6. The summed E-state index contributed by atoms with van der Waals surface area (Å²) in [7, 11) is 0. The Bertz CT molecular complexity index is 995. The van der Waals surface area contributed by atoms with Gasteiger partial charge in [0.25, 0.3) is 0 Å². The van der Waals surface area contributed by atoms with E-state index in [1.165, 1.54) is 0 Å². The normalized spacial score (nSPS) is 28.7. The predicted octanol–water partition coefficient (Wildman–Crippen LogP) is 5.05. The molecule has 1 amide bonds. The maximum Gasteiger partial charge on any atom is 0.310 e. The van der Waals surface area contributed by atoms with Crippen molar-refractivity contribution in [3.05, 3.63) is 53.6 Å². The number of aryl methyl sites for hydroxylation is 1. The zero-order chi connectivity index (χ0) is 21.0. The summed E-state index contributed by atoms with van der Waals surface area (Å²) in [5.41, 5.74) is 3.03. The number of carbonyl (C=O) groups excluding carboxylic acids is 2. The van der Waals surface area contributed by atoms with E-state index in [0.29, 0.717) is 11.6 Å². The molecule has 2 aliphatic carbocycles. The Labute approximate surface area is 176 Å². The van der Waals surface area contributed by atoms with Crippen molar-refractivity contribution in [2.24, 2.45) is 23.7 Å². The molecule has 5 rings (SSSR count). The fraction of sp³-hybridized carbons (Fsp3) is 0.440. The third-order valence-corrected chi connectivity index (χ3v) is 6.93. The monoisotopic (exact) mass is 405 g/mol. The second kappa shape index (κ2) is 7.15. The summed E-state index contributed by atoms with van der Waals surface area (Å²) in [5.74, 6) is 1.66. The smallest absolute Gasteiger partial charge is 0.310 e. The first kappa shape index (κ1) is 19.2. The molecule has 3 fully saturated rings. The van der Waals surface area contributed by atoms with Gasteiger partial charge in [-0.05, 0) is 73.1 Å². The van der Waals surface area contributed by atoms with Gasteiger partial charge in [-0.1, -0.05) is 26.0 Å². The molecule has 2 saturated carbocycles. The van der Waals surface area contributed by atoms with Gasteiger partial charge in [-0.3, -0.25) is 9.59 Å². The number of hydrogen-bond donors (Lipinski definition) is 1. The van der Waals surface area contributed by atoms with Gasteiger partial charge < -0.3 is 14.8 Å². The van der Waals surface area contributed by atoms with Gasteiger partial charge in [-0.15, -0.1) is 0 Å². The molecule has 0 radical (unpaired) electrons. The zero-order valence-electron chi connectivity index (χ0n) is 17.6. The van der Waals surface area contributed by atoms with E-state index in [9.17, 15) is 9.59 Å². The van der Waals surface area contributed by atoms with Crippen LogP contribution in [0.3, 0.4) is 0 Å². The molecule has 3 aliphatic rings. The van der Waals surface area contributed by atoms with Gasteiger partial charge in [0, 0.05) is 11.6 Å². The lowest BCUT2D eigenvalue weighted by molar-refractivity contribution is -0.145. The van der Waals surface area contributed by atoms with Crippen LogP contribution in [0.4, 0.5) is 5.69 Å². The molecule has 0 spiro atoms. The molecule has 5 heteroatoms. The highest BCUT2D eigenvalue weighted by molar-refractivity contribution is 5.97. The minimum Gasteiger partial charge on any atom is -0.462 e. The molecule has 0 aromatic heterocycles. The average molecular weight is 405 g/mol. The van der Waals surface area contributed by atoms with Crippen LogP contribution < -0.4 is 10.1 Å². The van der Waals surface area contributed by atoms with Gasteiger partial charge in [0.15, 0.2) is 0 Å². The van der Waals surface area contributed by atoms with E-state index in [0.717, 1.165) is 35.5 Å². The van der Waals surface area contributed by atoms with E-state index in [-0.39, 0.29) is 41.7 Å². The Hall–Kier alpha value is -2.82. The number of ether oxygens (including phenoxy) is 2. The van der Waals surface area contributed by atoms with E-state index < -0.39 is 0 Å². The number of anilines is 1. The molecule has 1 saturated heterocycles. The Morgan fingerprint density at radius 3 is 2.63 bits per heavy atom. The lowest BCUT2D eigenvalue weighted by atomic mass is 9.79. The Morgan fingerprint density at radius 2 is 1.90 bits per heavy atom. The zero-order valence-corrected chi connectivity index (χ0v) is 17.6. The fourth-order valence-electron chi connectivity index (χ4n) is 5.53. The summed E-state index contributed by atoms with van der Waals surface area (Å²) in [6, 6.07) is 13.7. The molecule has 30 heavy (non-hydrogen) atoms. The van der Waals surface area contributed by atoms with E-state index in [1.54, 1.807) is 0 Å². The summed E-state index contributed by atoms with van der Waals surface area (Å²) in [5, 5.41) is 3.00.